The molecule has 0 aromatic heterocycles. The van der Waals surface area contributed by atoms with Crippen LogP contribution in [0.5, 0.6) is 0 Å². The number of benzene rings is 1. The Morgan fingerprint density at radius 3 is 2.62 bits per heavy atom. The van der Waals surface area contributed by atoms with Crippen LogP contribution >= 0.6 is 11.6 Å². The predicted molar refractivity (Wildman–Crippen MR) is 112 cm³/mol. The van der Waals surface area contributed by atoms with Gasteiger partial charge in [0.25, 0.3) is 0 Å². The number of aliphatic imine (C=N–C) groups is 1. The van der Waals surface area contributed by atoms with Crippen LogP contribution in [0.2, 0.25) is 5.02 Å². The summed E-state index contributed by atoms with van der Waals surface area (Å²) in [5, 5.41) is 4.19. The van der Waals surface area contributed by atoms with Gasteiger partial charge < -0.3 is 20.0 Å². The van der Waals surface area contributed by atoms with E-state index in [1.54, 1.807) is 0 Å². The van der Waals surface area contributed by atoms with Gasteiger partial charge in [0.2, 0.25) is 0 Å². The Bertz CT molecular complexity index is 555. The van der Waals surface area contributed by atoms with Gasteiger partial charge in [0.1, 0.15) is 0 Å². The summed E-state index contributed by atoms with van der Waals surface area (Å²) in [5.74, 6) is 0.951. The monoisotopic (exact) mass is 379 g/mol. The van der Waals surface area contributed by atoms with E-state index in [1.165, 1.54) is 39.1 Å². The van der Waals surface area contributed by atoms with Crippen molar-refractivity contribution in [2.45, 2.75) is 26.3 Å². The minimum absolute atomic E-state index is 0.757. The lowest BCUT2D eigenvalue weighted by Crippen LogP contribution is -2.44. The van der Waals surface area contributed by atoms with E-state index in [9.17, 15) is 0 Å². The lowest BCUT2D eigenvalue weighted by Gasteiger charge is -2.32. The molecule has 5 nitrogen and oxygen atoms in total. The smallest absolute Gasteiger partial charge is 0.193 e. The molecule has 2 rings (SSSR count). The highest BCUT2D eigenvalue weighted by molar-refractivity contribution is 6.31. The fraction of sp³-hybridized carbons (Fsp3) is 0.650. The maximum Gasteiger partial charge on any atom is 0.193 e. The summed E-state index contributed by atoms with van der Waals surface area (Å²) in [6, 6.07) is 7.99. The van der Waals surface area contributed by atoms with Crippen molar-refractivity contribution in [1.82, 2.24) is 20.0 Å². The maximum absolute atomic E-state index is 6.28. The van der Waals surface area contributed by atoms with Crippen LogP contribution in [0.4, 0.5) is 0 Å². The van der Waals surface area contributed by atoms with Crippen molar-refractivity contribution < 1.29 is 0 Å². The zero-order valence-electron chi connectivity index (χ0n) is 16.5. The minimum Gasteiger partial charge on any atom is -0.357 e. The zero-order valence-corrected chi connectivity index (χ0v) is 17.3. The number of likely N-dealkylation sites (N-methyl/N-ethyl adjacent to an activating group) is 1. The normalized spacial score (nSPS) is 16.7. The molecular weight excluding hydrogens is 346 g/mol. The number of piperazine rings is 1. The second kappa shape index (κ2) is 11.4. The molecule has 6 heteroatoms. The molecule has 0 unspecified atom stereocenters. The van der Waals surface area contributed by atoms with Crippen LogP contribution < -0.4 is 5.32 Å². The molecule has 0 aliphatic carbocycles. The zero-order chi connectivity index (χ0) is 18.8. The third-order valence-electron chi connectivity index (χ3n) is 4.80. The Kier molecular flexibility index (Phi) is 9.23. The van der Waals surface area contributed by atoms with E-state index >= 15 is 0 Å². The van der Waals surface area contributed by atoms with Crippen molar-refractivity contribution in [2.75, 3.05) is 59.9 Å². The Labute approximate surface area is 164 Å². The first-order valence-corrected chi connectivity index (χ1v) is 10.1. The second-order valence-corrected chi connectivity index (χ2v) is 7.44. The lowest BCUT2D eigenvalue weighted by molar-refractivity contribution is 0.152. The molecule has 1 aliphatic rings. The molecule has 146 valence electrons. The molecule has 1 saturated heterocycles. The summed E-state index contributed by atoms with van der Waals surface area (Å²) in [4.78, 5) is 11.9. The van der Waals surface area contributed by atoms with Gasteiger partial charge in [-0.3, -0.25) is 4.99 Å². The topological polar surface area (TPSA) is 34.1 Å². The number of nitrogens with one attached hydrogen (secondary N) is 1. The molecule has 0 amide bonds. The van der Waals surface area contributed by atoms with Gasteiger partial charge in [-0.05, 0) is 45.0 Å². The second-order valence-electron chi connectivity index (χ2n) is 7.04. The van der Waals surface area contributed by atoms with E-state index in [0.29, 0.717) is 0 Å². The molecule has 1 aliphatic heterocycles. The molecule has 1 aromatic carbocycles. The predicted octanol–water partition coefficient (Wildman–Crippen LogP) is 2.76. The molecule has 1 N–H and O–H groups in total. The minimum atomic E-state index is 0.757. The number of nitrogens with zero attached hydrogens (tertiary/aromatic N) is 4. The molecule has 1 fully saturated rings. The number of unbranched alkanes of at least 4 members (excludes halogenated alkanes) is 1. The average Bonchev–Trinajstić information content (AvgIpc) is 2.64. The summed E-state index contributed by atoms with van der Waals surface area (Å²) < 4.78 is 0. The Morgan fingerprint density at radius 2 is 1.92 bits per heavy atom. The average molecular weight is 380 g/mol. The standard InChI is InChI=1S/C20H34ClN5/c1-4-22-20(25(3)17-18-9-5-6-10-19(18)21)23-11-7-8-12-26-15-13-24(2)14-16-26/h5-6,9-10H,4,7-8,11-17H2,1-3H3,(H,22,23). The van der Waals surface area contributed by atoms with E-state index < -0.39 is 0 Å². The van der Waals surface area contributed by atoms with Gasteiger partial charge in [-0.1, -0.05) is 29.8 Å². The maximum atomic E-state index is 6.28. The molecule has 0 radical (unpaired) electrons. The first-order chi connectivity index (χ1) is 12.6. The highest BCUT2D eigenvalue weighted by Crippen LogP contribution is 2.16. The van der Waals surface area contributed by atoms with Crippen LogP contribution in [0.3, 0.4) is 0 Å². The van der Waals surface area contributed by atoms with Crippen LogP contribution in [0.1, 0.15) is 25.3 Å². The first-order valence-electron chi connectivity index (χ1n) is 9.74. The van der Waals surface area contributed by atoms with Gasteiger partial charge in [0.15, 0.2) is 5.96 Å². The van der Waals surface area contributed by atoms with Gasteiger partial charge in [-0.2, -0.15) is 0 Å². The third-order valence-corrected chi connectivity index (χ3v) is 5.17. The summed E-state index contributed by atoms with van der Waals surface area (Å²) in [6.07, 6.45) is 2.34. The molecule has 0 atom stereocenters. The van der Waals surface area contributed by atoms with Crippen molar-refractivity contribution in [3.05, 3.63) is 34.9 Å². The molecule has 0 spiro atoms. The van der Waals surface area contributed by atoms with E-state index in [2.05, 4.69) is 47.1 Å². The van der Waals surface area contributed by atoms with E-state index in [-0.39, 0.29) is 0 Å². The number of guanidine groups is 1. The molecule has 0 saturated carbocycles. The molecule has 1 heterocycles. The van der Waals surface area contributed by atoms with Crippen molar-refractivity contribution >= 4 is 17.6 Å². The Balaban J connectivity index is 1.75. The van der Waals surface area contributed by atoms with Crippen LogP contribution in [0.25, 0.3) is 0 Å². The van der Waals surface area contributed by atoms with E-state index in [0.717, 1.165) is 42.6 Å². The highest BCUT2D eigenvalue weighted by Gasteiger charge is 2.13. The van der Waals surface area contributed by atoms with Gasteiger partial charge >= 0.3 is 0 Å². The van der Waals surface area contributed by atoms with Crippen LogP contribution in [0.15, 0.2) is 29.3 Å². The Hall–Kier alpha value is -1.30. The first kappa shape index (κ1) is 21.0. The largest absolute Gasteiger partial charge is 0.357 e. The summed E-state index contributed by atoms with van der Waals surface area (Å²) >= 11 is 6.28. The Morgan fingerprint density at radius 1 is 1.19 bits per heavy atom. The third kappa shape index (κ3) is 7.14. The van der Waals surface area contributed by atoms with Gasteiger partial charge in [0.05, 0.1) is 0 Å². The van der Waals surface area contributed by atoms with Crippen LogP contribution in [-0.4, -0.2) is 80.6 Å². The highest BCUT2D eigenvalue weighted by atomic mass is 35.5. The molecule has 0 bridgehead atoms. The number of hydrogen-bond acceptors (Lipinski definition) is 3. The van der Waals surface area contributed by atoms with Crippen molar-refractivity contribution in [2.24, 2.45) is 4.99 Å². The van der Waals surface area contributed by atoms with Crippen molar-refractivity contribution in [3.63, 3.8) is 0 Å². The van der Waals surface area contributed by atoms with E-state index in [4.69, 9.17) is 16.6 Å². The number of rotatable bonds is 8. The molecule has 1 aromatic rings. The summed E-state index contributed by atoms with van der Waals surface area (Å²) in [6.45, 7) is 10.6. The number of halogens is 1. The van der Waals surface area contributed by atoms with Gasteiger partial charge in [0, 0.05) is 57.9 Å². The lowest BCUT2D eigenvalue weighted by atomic mass is 10.2. The van der Waals surface area contributed by atoms with Gasteiger partial charge in [-0.15, -0.1) is 0 Å². The molecule has 26 heavy (non-hydrogen) atoms. The molecular formula is C20H34ClN5. The van der Waals surface area contributed by atoms with Crippen LogP contribution in [0, 0.1) is 0 Å². The summed E-state index contributed by atoms with van der Waals surface area (Å²) in [7, 11) is 4.27. The van der Waals surface area contributed by atoms with Gasteiger partial charge in [-0.25, -0.2) is 0 Å². The SMILES string of the molecule is CCNC(=NCCCCN1CCN(C)CC1)N(C)Cc1ccccc1Cl. The summed E-state index contributed by atoms with van der Waals surface area (Å²) in [5.41, 5.74) is 1.12. The van der Waals surface area contributed by atoms with Crippen molar-refractivity contribution in [1.29, 1.82) is 0 Å². The van der Waals surface area contributed by atoms with E-state index in [1.807, 2.05) is 18.2 Å². The quantitative estimate of drug-likeness (QED) is 0.428. The van der Waals surface area contributed by atoms with Crippen LogP contribution in [-0.2, 0) is 6.54 Å². The number of hydrogen-bond donors (Lipinski definition) is 1. The fourth-order valence-corrected chi connectivity index (χ4v) is 3.33. The van der Waals surface area contributed by atoms with Crippen molar-refractivity contribution in [3.8, 4) is 0 Å². The fourth-order valence-electron chi connectivity index (χ4n) is 3.13.